The van der Waals surface area contributed by atoms with E-state index >= 15 is 0 Å². The molecule has 0 radical (unpaired) electrons. The summed E-state index contributed by atoms with van der Waals surface area (Å²) in [6, 6.07) is 3.73. The number of nitrogens with zero attached hydrogens (tertiary/aromatic N) is 1. The molecule has 1 fully saturated rings. The van der Waals surface area contributed by atoms with Crippen molar-refractivity contribution in [2.45, 2.75) is 38.6 Å². The molecule has 144 valence electrons. The number of likely N-dealkylation sites (tertiary alicyclic amines) is 1. The van der Waals surface area contributed by atoms with Crippen molar-refractivity contribution in [3.05, 3.63) is 22.4 Å². The molecule has 0 bridgehead atoms. The van der Waals surface area contributed by atoms with Gasteiger partial charge in [0.1, 0.15) is 0 Å². The highest BCUT2D eigenvalue weighted by Crippen LogP contribution is 2.10. The highest BCUT2D eigenvalue weighted by molar-refractivity contribution is 7.12. The first-order chi connectivity index (χ1) is 12.6. The zero-order chi connectivity index (χ0) is 18.8. The standard InChI is InChI=1S/C18H28N4O3S/c1-2-8-19-17(24)13-22-10-6-14(7-11-22)21-16(23)5-9-20-18(25)15-4-3-12-26-15/h3-4,12,14H,2,5-11,13H2,1H3,(H,19,24)(H,20,25)(H,21,23). The summed E-state index contributed by atoms with van der Waals surface area (Å²) in [5.74, 6) is -0.117. The molecule has 2 rings (SSSR count). The first-order valence-electron chi connectivity index (χ1n) is 9.18. The Bertz CT molecular complexity index is 583. The molecular weight excluding hydrogens is 352 g/mol. The van der Waals surface area contributed by atoms with Crippen LogP contribution in [0.5, 0.6) is 0 Å². The van der Waals surface area contributed by atoms with Crippen LogP contribution >= 0.6 is 11.3 Å². The molecule has 1 aliphatic rings. The van der Waals surface area contributed by atoms with Gasteiger partial charge in [-0.1, -0.05) is 13.0 Å². The van der Waals surface area contributed by atoms with Crippen LogP contribution in [0.15, 0.2) is 17.5 Å². The number of carbonyl (C=O) groups is 3. The summed E-state index contributed by atoms with van der Waals surface area (Å²) in [5.41, 5.74) is 0. The van der Waals surface area contributed by atoms with Crippen LogP contribution in [-0.2, 0) is 9.59 Å². The molecule has 7 nitrogen and oxygen atoms in total. The molecule has 0 aromatic carbocycles. The predicted octanol–water partition coefficient (Wildman–Crippen LogP) is 0.975. The molecule has 1 aromatic rings. The van der Waals surface area contributed by atoms with Crippen molar-refractivity contribution in [2.24, 2.45) is 0 Å². The lowest BCUT2D eigenvalue weighted by Gasteiger charge is -2.31. The largest absolute Gasteiger partial charge is 0.355 e. The fraction of sp³-hybridized carbons (Fsp3) is 0.611. The molecule has 8 heteroatoms. The molecule has 3 amide bonds. The van der Waals surface area contributed by atoms with Crippen molar-refractivity contribution < 1.29 is 14.4 Å². The summed E-state index contributed by atoms with van der Waals surface area (Å²) < 4.78 is 0. The van der Waals surface area contributed by atoms with Gasteiger partial charge in [-0.2, -0.15) is 0 Å². The number of thiophene rings is 1. The van der Waals surface area contributed by atoms with Gasteiger partial charge in [0.2, 0.25) is 11.8 Å². The van der Waals surface area contributed by atoms with Crippen LogP contribution in [0.25, 0.3) is 0 Å². The maximum absolute atomic E-state index is 12.0. The van der Waals surface area contributed by atoms with E-state index in [2.05, 4.69) is 20.9 Å². The first kappa shape index (κ1) is 20.4. The van der Waals surface area contributed by atoms with E-state index in [0.29, 0.717) is 24.5 Å². The Morgan fingerprint density at radius 1 is 1.15 bits per heavy atom. The van der Waals surface area contributed by atoms with E-state index in [1.807, 2.05) is 18.4 Å². The van der Waals surface area contributed by atoms with E-state index in [9.17, 15) is 14.4 Å². The van der Waals surface area contributed by atoms with Gasteiger partial charge in [-0.15, -0.1) is 11.3 Å². The average Bonchev–Trinajstić information content (AvgIpc) is 3.16. The van der Waals surface area contributed by atoms with E-state index in [1.165, 1.54) is 11.3 Å². The number of rotatable bonds is 9. The van der Waals surface area contributed by atoms with E-state index in [4.69, 9.17) is 0 Å². The second-order valence-corrected chi connectivity index (χ2v) is 7.40. The fourth-order valence-electron chi connectivity index (χ4n) is 2.84. The van der Waals surface area contributed by atoms with Gasteiger partial charge in [-0.3, -0.25) is 19.3 Å². The van der Waals surface area contributed by atoms with E-state index in [-0.39, 0.29) is 30.2 Å². The van der Waals surface area contributed by atoms with Crippen LogP contribution in [0.1, 0.15) is 42.3 Å². The molecule has 0 aliphatic carbocycles. The summed E-state index contributed by atoms with van der Waals surface area (Å²) in [4.78, 5) is 38.3. The minimum absolute atomic E-state index is 0.0457. The lowest BCUT2D eigenvalue weighted by molar-refractivity contribution is -0.124. The summed E-state index contributed by atoms with van der Waals surface area (Å²) in [5, 5.41) is 10.5. The number of amides is 3. The van der Waals surface area contributed by atoms with Gasteiger partial charge in [-0.25, -0.2) is 0 Å². The normalized spacial score (nSPS) is 15.4. The molecular formula is C18H28N4O3S. The number of piperidine rings is 1. The molecule has 0 saturated carbocycles. The lowest BCUT2D eigenvalue weighted by Crippen LogP contribution is -2.47. The summed E-state index contributed by atoms with van der Waals surface area (Å²) in [7, 11) is 0. The van der Waals surface area contributed by atoms with Crippen molar-refractivity contribution in [3.63, 3.8) is 0 Å². The van der Waals surface area contributed by atoms with Gasteiger partial charge in [0.15, 0.2) is 0 Å². The zero-order valence-corrected chi connectivity index (χ0v) is 16.1. The lowest BCUT2D eigenvalue weighted by atomic mass is 10.0. The maximum atomic E-state index is 12.0. The molecule has 2 heterocycles. The zero-order valence-electron chi connectivity index (χ0n) is 15.3. The summed E-state index contributed by atoms with van der Waals surface area (Å²) in [6.45, 7) is 5.12. The van der Waals surface area contributed by atoms with Crippen molar-refractivity contribution in [2.75, 3.05) is 32.7 Å². The van der Waals surface area contributed by atoms with Crippen LogP contribution in [-0.4, -0.2) is 61.4 Å². The fourth-order valence-corrected chi connectivity index (χ4v) is 3.48. The Hall–Kier alpha value is -1.93. The quantitative estimate of drug-likeness (QED) is 0.596. The Kier molecular flexibility index (Phi) is 8.57. The van der Waals surface area contributed by atoms with Crippen LogP contribution in [0.4, 0.5) is 0 Å². The van der Waals surface area contributed by atoms with Gasteiger partial charge in [-0.05, 0) is 30.7 Å². The number of hydrogen-bond donors (Lipinski definition) is 3. The SMILES string of the molecule is CCCNC(=O)CN1CCC(NC(=O)CCNC(=O)c2cccs2)CC1. The van der Waals surface area contributed by atoms with Crippen molar-refractivity contribution >= 4 is 29.1 Å². The predicted molar refractivity (Wildman–Crippen MR) is 102 cm³/mol. The third kappa shape index (κ3) is 7.13. The van der Waals surface area contributed by atoms with Crippen molar-refractivity contribution in [1.82, 2.24) is 20.9 Å². The van der Waals surface area contributed by atoms with Crippen LogP contribution in [0.3, 0.4) is 0 Å². The molecule has 0 spiro atoms. The van der Waals surface area contributed by atoms with Crippen molar-refractivity contribution in [1.29, 1.82) is 0 Å². The number of hydrogen-bond acceptors (Lipinski definition) is 5. The average molecular weight is 381 g/mol. The molecule has 26 heavy (non-hydrogen) atoms. The molecule has 1 saturated heterocycles. The number of nitrogens with one attached hydrogen (secondary N) is 3. The molecule has 1 aromatic heterocycles. The molecule has 0 atom stereocenters. The minimum Gasteiger partial charge on any atom is -0.355 e. The monoisotopic (exact) mass is 380 g/mol. The number of carbonyl (C=O) groups excluding carboxylic acids is 3. The Morgan fingerprint density at radius 3 is 2.58 bits per heavy atom. The first-order valence-corrected chi connectivity index (χ1v) is 10.1. The smallest absolute Gasteiger partial charge is 0.261 e. The van der Waals surface area contributed by atoms with Gasteiger partial charge >= 0.3 is 0 Å². The second-order valence-electron chi connectivity index (χ2n) is 6.45. The Balaban J connectivity index is 1.57. The molecule has 1 aliphatic heterocycles. The van der Waals surface area contributed by atoms with Gasteiger partial charge in [0.05, 0.1) is 11.4 Å². The van der Waals surface area contributed by atoms with Gasteiger partial charge in [0.25, 0.3) is 5.91 Å². The van der Waals surface area contributed by atoms with E-state index in [1.54, 1.807) is 6.07 Å². The highest BCUT2D eigenvalue weighted by Gasteiger charge is 2.21. The van der Waals surface area contributed by atoms with Gasteiger partial charge < -0.3 is 16.0 Å². The van der Waals surface area contributed by atoms with E-state index < -0.39 is 0 Å². The Labute approximate surface area is 158 Å². The third-order valence-corrected chi connectivity index (χ3v) is 5.14. The molecule has 3 N–H and O–H groups in total. The Morgan fingerprint density at radius 2 is 1.92 bits per heavy atom. The highest BCUT2D eigenvalue weighted by atomic mass is 32.1. The van der Waals surface area contributed by atoms with Crippen LogP contribution in [0.2, 0.25) is 0 Å². The minimum atomic E-state index is -0.137. The third-order valence-electron chi connectivity index (χ3n) is 4.27. The topological polar surface area (TPSA) is 90.5 Å². The second kappa shape index (κ2) is 10.9. The van der Waals surface area contributed by atoms with Crippen LogP contribution in [0, 0.1) is 0 Å². The van der Waals surface area contributed by atoms with Crippen molar-refractivity contribution in [3.8, 4) is 0 Å². The van der Waals surface area contributed by atoms with Gasteiger partial charge in [0, 0.05) is 38.6 Å². The maximum Gasteiger partial charge on any atom is 0.261 e. The van der Waals surface area contributed by atoms with E-state index in [0.717, 1.165) is 32.4 Å². The summed E-state index contributed by atoms with van der Waals surface area (Å²) in [6.07, 6.45) is 2.90. The molecule has 0 unspecified atom stereocenters. The van der Waals surface area contributed by atoms with Crippen LogP contribution < -0.4 is 16.0 Å². The summed E-state index contributed by atoms with van der Waals surface area (Å²) >= 11 is 1.38.